The van der Waals surface area contributed by atoms with Crippen molar-refractivity contribution in [2.75, 3.05) is 5.32 Å². The van der Waals surface area contributed by atoms with Crippen LogP contribution in [0.1, 0.15) is 44.1 Å². The number of furan rings is 1. The number of aromatic nitrogens is 1. The number of anilines is 1. The van der Waals surface area contributed by atoms with Gasteiger partial charge in [0.15, 0.2) is 11.5 Å². The zero-order valence-corrected chi connectivity index (χ0v) is 12.6. The second-order valence-electron chi connectivity index (χ2n) is 5.46. The molecule has 0 aliphatic heterocycles. The van der Waals surface area contributed by atoms with Crippen LogP contribution in [0.2, 0.25) is 0 Å². The fourth-order valence-electron chi connectivity index (χ4n) is 2.20. The summed E-state index contributed by atoms with van der Waals surface area (Å²) in [7, 11) is 0. The van der Waals surface area contributed by atoms with Crippen molar-refractivity contribution in [1.29, 1.82) is 0 Å². The largest absolute Gasteiger partial charge is 0.464 e. The first kappa shape index (κ1) is 13.7. The predicted octanol–water partition coefficient (Wildman–Crippen LogP) is 4.72. The Morgan fingerprint density at radius 1 is 1.10 bits per heavy atom. The van der Waals surface area contributed by atoms with E-state index in [1.165, 1.54) is 0 Å². The van der Waals surface area contributed by atoms with Crippen molar-refractivity contribution in [3.8, 4) is 0 Å². The summed E-state index contributed by atoms with van der Waals surface area (Å²) in [5.74, 6) is 3.03. The molecule has 3 aromatic rings. The number of aryl methyl sites for hydroxylation is 1. The quantitative estimate of drug-likeness (QED) is 0.736. The minimum absolute atomic E-state index is 0.296. The number of hydrogen-bond donors (Lipinski definition) is 1. The van der Waals surface area contributed by atoms with Crippen LogP contribution in [-0.4, -0.2) is 4.98 Å². The van der Waals surface area contributed by atoms with Crippen molar-refractivity contribution < 1.29 is 8.83 Å². The van der Waals surface area contributed by atoms with Crippen molar-refractivity contribution in [2.24, 2.45) is 0 Å². The molecule has 0 saturated carbocycles. The molecule has 0 amide bonds. The van der Waals surface area contributed by atoms with Gasteiger partial charge in [-0.05, 0) is 30.3 Å². The van der Waals surface area contributed by atoms with Gasteiger partial charge in [-0.1, -0.05) is 20.8 Å². The summed E-state index contributed by atoms with van der Waals surface area (Å²) >= 11 is 0. The second kappa shape index (κ2) is 5.64. The highest BCUT2D eigenvalue weighted by molar-refractivity contribution is 5.77. The molecule has 4 heteroatoms. The Morgan fingerprint density at radius 2 is 1.90 bits per heavy atom. The van der Waals surface area contributed by atoms with Gasteiger partial charge < -0.3 is 14.2 Å². The first-order valence-electron chi connectivity index (χ1n) is 7.37. The fraction of sp³-hybridized carbons (Fsp3) is 0.353. The highest BCUT2D eigenvalue weighted by Gasteiger charge is 2.09. The fourth-order valence-corrected chi connectivity index (χ4v) is 2.20. The lowest BCUT2D eigenvalue weighted by molar-refractivity contribution is 0.476. The van der Waals surface area contributed by atoms with Crippen molar-refractivity contribution in [2.45, 2.75) is 39.7 Å². The molecular formula is C17H20N2O2. The monoisotopic (exact) mass is 284 g/mol. The van der Waals surface area contributed by atoms with Crippen LogP contribution >= 0.6 is 0 Å². The molecule has 1 aromatic carbocycles. The van der Waals surface area contributed by atoms with Crippen molar-refractivity contribution in [3.05, 3.63) is 47.7 Å². The standard InChI is InChI=1S/C17H20N2O2/c1-4-13-6-7-14(20-13)10-18-12-5-8-16-15(9-12)19-17(21-16)11(2)3/h5-9,11,18H,4,10H2,1-3H3. The minimum atomic E-state index is 0.296. The van der Waals surface area contributed by atoms with Gasteiger partial charge in [0.25, 0.3) is 0 Å². The first-order valence-corrected chi connectivity index (χ1v) is 7.37. The maximum absolute atomic E-state index is 5.71. The summed E-state index contributed by atoms with van der Waals surface area (Å²) in [6, 6.07) is 10.00. The van der Waals surface area contributed by atoms with Gasteiger partial charge in [-0.2, -0.15) is 0 Å². The van der Waals surface area contributed by atoms with E-state index in [4.69, 9.17) is 8.83 Å². The molecule has 4 nitrogen and oxygen atoms in total. The zero-order valence-electron chi connectivity index (χ0n) is 12.6. The maximum Gasteiger partial charge on any atom is 0.198 e. The summed E-state index contributed by atoms with van der Waals surface area (Å²) < 4.78 is 11.4. The molecule has 1 N–H and O–H groups in total. The number of nitrogens with one attached hydrogen (secondary N) is 1. The highest BCUT2D eigenvalue weighted by Crippen LogP contribution is 2.24. The Balaban J connectivity index is 1.74. The van der Waals surface area contributed by atoms with Crippen molar-refractivity contribution in [3.63, 3.8) is 0 Å². The summed E-state index contributed by atoms with van der Waals surface area (Å²) in [5.41, 5.74) is 2.73. The number of fused-ring (bicyclic) bond motifs is 1. The van der Waals surface area contributed by atoms with E-state index in [2.05, 4.69) is 31.1 Å². The van der Waals surface area contributed by atoms with Gasteiger partial charge in [-0.25, -0.2) is 4.98 Å². The SMILES string of the molecule is CCc1ccc(CNc2ccc3oc(C(C)C)nc3c2)o1. The summed E-state index contributed by atoms with van der Waals surface area (Å²) in [6.07, 6.45) is 0.920. The van der Waals surface area contributed by atoms with Crippen LogP contribution < -0.4 is 5.32 Å². The molecule has 3 rings (SSSR count). The molecule has 110 valence electrons. The average Bonchev–Trinajstić information content (AvgIpc) is 3.11. The van der Waals surface area contributed by atoms with Gasteiger partial charge in [-0.15, -0.1) is 0 Å². The topological polar surface area (TPSA) is 51.2 Å². The summed E-state index contributed by atoms with van der Waals surface area (Å²) in [6.45, 7) is 6.90. The van der Waals surface area contributed by atoms with E-state index in [0.717, 1.165) is 40.6 Å². The van der Waals surface area contributed by atoms with E-state index < -0.39 is 0 Å². The molecule has 2 aromatic heterocycles. The lowest BCUT2D eigenvalue weighted by atomic mass is 10.2. The van der Waals surface area contributed by atoms with Crippen LogP contribution in [0.4, 0.5) is 5.69 Å². The maximum atomic E-state index is 5.71. The Morgan fingerprint density at radius 3 is 2.62 bits per heavy atom. The van der Waals surface area contributed by atoms with Gasteiger partial charge >= 0.3 is 0 Å². The third-order valence-electron chi connectivity index (χ3n) is 3.43. The van der Waals surface area contributed by atoms with Crippen molar-refractivity contribution >= 4 is 16.8 Å². The number of oxazole rings is 1. The Hall–Kier alpha value is -2.23. The number of rotatable bonds is 5. The van der Waals surface area contributed by atoms with E-state index in [1.807, 2.05) is 30.3 Å². The molecule has 0 unspecified atom stereocenters. The lowest BCUT2D eigenvalue weighted by Crippen LogP contribution is -1.97. The zero-order chi connectivity index (χ0) is 14.8. The van der Waals surface area contributed by atoms with E-state index in [0.29, 0.717) is 12.5 Å². The smallest absolute Gasteiger partial charge is 0.198 e. The molecule has 0 bridgehead atoms. The third kappa shape index (κ3) is 2.94. The molecule has 0 radical (unpaired) electrons. The molecule has 0 fully saturated rings. The van der Waals surface area contributed by atoms with Crippen LogP contribution in [0.25, 0.3) is 11.1 Å². The second-order valence-corrected chi connectivity index (χ2v) is 5.46. The van der Waals surface area contributed by atoms with E-state index >= 15 is 0 Å². The van der Waals surface area contributed by atoms with Gasteiger partial charge in [0.2, 0.25) is 0 Å². The lowest BCUT2D eigenvalue weighted by Gasteiger charge is -2.03. The number of hydrogen-bond acceptors (Lipinski definition) is 4. The first-order chi connectivity index (χ1) is 10.2. The van der Waals surface area contributed by atoms with Crippen LogP contribution in [0, 0.1) is 0 Å². The van der Waals surface area contributed by atoms with Crippen molar-refractivity contribution in [1.82, 2.24) is 4.98 Å². The van der Waals surface area contributed by atoms with E-state index in [9.17, 15) is 0 Å². The number of benzene rings is 1. The van der Waals surface area contributed by atoms with E-state index in [1.54, 1.807) is 0 Å². The Labute approximate surface area is 124 Å². The summed E-state index contributed by atoms with van der Waals surface area (Å²) in [5, 5.41) is 3.35. The molecule has 21 heavy (non-hydrogen) atoms. The Bertz CT molecular complexity index is 740. The predicted molar refractivity (Wildman–Crippen MR) is 83.5 cm³/mol. The van der Waals surface area contributed by atoms with Crippen LogP contribution in [0.15, 0.2) is 39.2 Å². The molecule has 0 aliphatic carbocycles. The summed E-state index contributed by atoms with van der Waals surface area (Å²) in [4.78, 5) is 4.52. The van der Waals surface area contributed by atoms with Gasteiger partial charge in [0, 0.05) is 18.0 Å². The Kier molecular flexibility index (Phi) is 3.69. The third-order valence-corrected chi connectivity index (χ3v) is 3.43. The van der Waals surface area contributed by atoms with Crippen LogP contribution in [0.5, 0.6) is 0 Å². The molecule has 0 aliphatic rings. The van der Waals surface area contributed by atoms with Crippen LogP contribution in [-0.2, 0) is 13.0 Å². The van der Waals surface area contributed by atoms with Crippen LogP contribution in [0.3, 0.4) is 0 Å². The van der Waals surface area contributed by atoms with Gasteiger partial charge in [0.05, 0.1) is 6.54 Å². The molecular weight excluding hydrogens is 264 g/mol. The van der Waals surface area contributed by atoms with Gasteiger partial charge in [-0.3, -0.25) is 0 Å². The normalized spacial score (nSPS) is 11.4. The average molecular weight is 284 g/mol. The van der Waals surface area contributed by atoms with Gasteiger partial charge in [0.1, 0.15) is 17.0 Å². The molecule has 0 spiro atoms. The molecule has 2 heterocycles. The molecule has 0 atom stereocenters. The minimum Gasteiger partial charge on any atom is -0.464 e. The number of nitrogens with zero attached hydrogens (tertiary/aromatic N) is 1. The van der Waals surface area contributed by atoms with E-state index in [-0.39, 0.29) is 0 Å². The molecule has 0 saturated heterocycles. The highest BCUT2D eigenvalue weighted by atomic mass is 16.3.